The van der Waals surface area contributed by atoms with Crippen molar-refractivity contribution < 1.29 is 4.74 Å². The minimum Gasteiger partial charge on any atom is -0.457 e. The van der Waals surface area contributed by atoms with Crippen molar-refractivity contribution in [3.63, 3.8) is 0 Å². The normalized spacial score (nSPS) is 12.3. The van der Waals surface area contributed by atoms with Crippen LogP contribution in [0, 0.1) is 6.92 Å². The zero-order valence-corrected chi connectivity index (χ0v) is 16.8. The fourth-order valence-electron chi connectivity index (χ4n) is 2.34. The van der Waals surface area contributed by atoms with Gasteiger partial charge in [0.05, 0.1) is 0 Å². The van der Waals surface area contributed by atoms with E-state index in [1.807, 2.05) is 12.1 Å². The molecule has 0 spiro atoms. The Balaban J connectivity index is 2.46. The van der Waals surface area contributed by atoms with Crippen molar-refractivity contribution in [2.24, 2.45) is 0 Å². The highest BCUT2D eigenvalue weighted by molar-refractivity contribution is 9.10. The average Bonchev–Trinajstić information content (AvgIpc) is 2.41. The molecule has 0 N–H and O–H groups in total. The summed E-state index contributed by atoms with van der Waals surface area (Å²) in [4.78, 5) is 0. The fourth-order valence-corrected chi connectivity index (χ4v) is 2.59. The Morgan fingerprint density at radius 3 is 1.70 bits per heavy atom. The lowest BCUT2D eigenvalue weighted by molar-refractivity contribution is 0.473. The molecule has 2 heteroatoms. The van der Waals surface area contributed by atoms with Crippen LogP contribution in [0.2, 0.25) is 0 Å². The number of halogens is 1. The first-order chi connectivity index (χ1) is 10.5. The summed E-state index contributed by atoms with van der Waals surface area (Å²) < 4.78 is 7.27. The second-order valence-electron chi connectivity index (χ2n) is 8.26. The SMILES string of the molecule is Cc1cc(Oc2cc(C(C)(C)C)cc(C(C)(C)C)c2)ccc1Br. The third-order valence-corrected chi connectivity index (χ3v) is 4.89. The minimum atomic E-state index is 0.0923. The van der Waals surface area contributed by atoms with Gasteiger partial charge in [0.1, 0.15) is 11.5 Å². The maximum atomic E-state index is 6.16. The minimum absolute atomic E-state index is 0.0923. The van der Waals surface area contributed by atoms with Crippen LogP contribution in [-0.4, -0.2) is 0 Å². The Kier molecular flexibility index (Phi) is 4.96. The van der Waals surface area contributed by atoms with Crippen LogP contribution in [0.3, 0.4) is 0 Å². The highest BCUT2D eigenvalue weighted by Gasteiger charge is 2.21. The molecule has 0 amide bonds. The van der Waals surface area contributed by atoms with Crippen LogP contribution in [0.25, 0.3) is 0 Å². The fraction of sp³-hybridized carbons (Fsp3) is 0.429. The summed E-state index contributed by atoms with van der Waals surface area (Å²) in [5.74, 6) is 1.78. The van der Waals surface area contributed by atoms with Crippen molar-refractivity contribution in [1.82, 2.24) is 0 Å². The van der Waals surface area contributed by atoms with E-state index in [0.29, 0.717) is 0 Å². The average molecular weight is 375 g/mol. The molecular formula is C21H27BrO. The molecule has 2 aromatic rings. The summed E-state index contributed by atoms with van der Waals surface area (Å²) in [5, 5.41) is 0. The molecule has 0 fully saturated rings. The lowest BCUT2D eigenvalue weighted by atomic mass is 9.80. The van der Waals surface area contributed by atoms with Gasteiger partial charge in [-0.1, -0.05) is 63.5 Å². The molecule has 0 radical (unpaired) electrons. The zero-order valence-electron chi connectivity index (χ0n) is 15.3. The van der Waals surface area contributed by atoms with Gasteiger partial charge in [-0.15, -0.1) is 0 Å². The highest BCUT2D eigenvalue weighted by Crippen LogP contribution is 2.35. The molecule has 23 heavy (non-hydrogen) atoms. The summed E-state index contributed by atoms with van der Waals surface area (Å²) in [5.41, 5.74) is 3.96. The smallest absolute Gasteiger partial charge is 0.128 e. The number of rotatable bonds is 2. The van der Waals surface area contributed by atoms with Gasteiger partial charge in [-0.2, -0.15) is 0 Å². The number of ether oxygens (including phenoxy) is 1. The Bertz CT molecular complexity index is 671. The second-order valence-corrected chi connectivity index (χ2v) is 9.11. The van der Waals surface area contributed by atoms with Gasteiger partial charge in [0.15, 0.2) is 0 Å². The molecule has 0 bridgehead atoms. The monoisotopic (exact) mass is 374 g/mol. The molecule has 0 aliphatic carbocycles. The van der Waals surface area contributed by atoms with E-state index in [1.54, 1.807) is 0 Å². The van der Waals surface area contributed by atoms with Gasteiger partial charge in [0.2, 0.25) is 0 Å². The molecule has 0 saturated heterocycles. The van der Waals surface area contributed by atoms with Gasteiger partial charge >= 0.3 is 0 Å². The molecule has 0 saturated carbocycles. The van der Waals surface area contributed by atoms with Crippen LogP contribution in [-0.2, 0) is 10.8 Å². The van der Waals surface area contributed by atoms with Crippen molar-refractivity contribution in [1.29, 1.82) is 0 Å². The standard InChI is InChI=1S/C21H27BrO/c1-14-10-17(8-9-19(14)22)23-18-12-15(20(2,3)4)11-16(13-18)21(5,6)7/h8-13H,1-7H3. The van der Waals surface area contributed by atoms with Crippen molar-refractivity contribution in [2.45, 2.75) is 59.3 Å². The van der Waals surface area contributed by atoms with E-state index in [1.165, 1.54) is 16.7 Å². The zero-order chi connectivity index (χ0) is 17.4. The molecule has 0 unspecified atom stereocenters. The number of aryl methyl sites for hydroxylation is 1. The first-order valence-electron chi connectivity index (χ1n) is 8.07. The van der Waals surface area contributed by atoms with E-state index < -0.39 is 0 Å². The van der Waals surface area contributed by atoms with Gasteiger partial charge in [0.25, 0.3) is 0 Å². The molecule has 0 aliphatic rings. The predicted molar refractivity (Wildman–Crippen MR) is 103 cm³/mol. The first kappa shape index (κ1) is 18.1. The van der Waals surface area contributed by atoms with Crippen molar-refractivity contribution in [2.75, 3.05) is 0 Å². The summed E-state index contributed by atoms with van der Waals surface area (Å²) in [7, 11) is 0. The lowest BCUT2D eigenvalue weighted by Crippen LogP contribution is -2.16. The van der Waals surface area contributed by atoms with E-state index in [2.05, 4.69) is 88.7 Å². The van der Waals surface area contributed by atoms with Crippen LogP contribution in [0.15, 0.2) is 40.9 Å². The Morgan fingerprint density at radius 1 is 0.739 bits per heavy atom. The van der Waals surface area contributed by atoms with Crippen molar-refractivity contribution >= 4 is 15.9 Å². The number of hydrogen-bond donors (Lipinski definition) is 0. The number of hydrogen-bond acceptors (Lipinski definition) is 1. The van der Waals surface area contributed by atoms with Crippen molar-refractivity contribution in [3.8, 4) is 11.5 Å². The Labute approximate surface area is 149 Å². The van der Waals surface area contributed by atoms with Gasteiger partial charge in [-0.25, -0.2) is 0 Å². The summed E-state index contributed by atoms with van der Waals surface area (Å²) >= 11 is 3.53. The van der Waals surface area contributed by atoms with Crippen LogP contribution in [0.5, 0.6) is 11.5 Å². The van der Waals surface area contributed by atoms with E-state index in [-0.39, 0.29) is 10.8 Å². The third-order valence-electron chi connectivity index (χ3n) is 4.00. The molecular weight excluding hydrogens is 348 g/mol. The molecule has 1 nitrogen and oxygen atoms in total. The molecule has 0 aromatic heterocycles. The molecule has 0 atom stereocenters. The van der Waals surface area contributed by atoms with Gasteiger partial charge in [-0.3, -0.25) is 0 Å². The van der Waals surface area contributed by atoms with E-state index in [4.69, 9.17) is 4.74 Å². The Morgan fingerprint density at radius 2 is 1.26 bits per heavy atom. The lowest BCUT2D eigenvalue weighted by Gasteiger charge is -2.26. The number of benzene rings is 2. The largest absolute Gasteiger partial charge is 0.457 e. The van der Waals surface area contributed by atoms with E-state index in [0.717, 1.165) is 16.0 Å². The van der Waals surface area contributed by atoms with E-state index in [9.17, 15) is 0 Å². The summed E-state index contributed by atoms with van der Waals surface area (Å²) in [6, 6.07) is 12.7. The first-order valence-corrected chi connectivity index (χ1v) is 8.86. The van der Waals surface area contributed by atoms with Crippen LogP contribution >= 0.6 is 15.9 Å². The molecule has 0 aliphatic heterocycles. The molecule has 124 valence electrons. The van der Waals surface area contributed by atoms with Crippen LogP contribution < -0.4 is 4.74 Å². The third kappa shape index (κ3) is 4.60. The highest BCUT2D eigenvalue weighted by atomic mass is 79.9. The predicted octanol–water partition coefficient (Wildman–Crippen LogP) is 7.14. The Hall–Kier alpha value is -1.28. The molecule has 0 heterocycles. The van der Waals surface area contributed by atoms with Crippen molar-refractivity contribution in [3.05, 3.63) is 57.6 Å². The van der Waals surface area contributed by atoms with Gasteiger partial charge in [0, 0.05) is 4.47 Å². The van der Waals surface area contributed by atoms with Crippen LogP contribution in [0.4, 0.5) is 0 Å². The van der Waals surface area contributed by atoms with Gasteiger partial charge in [-0.05, 0) is 64.8 Å². The quantitative estimate of drug-likeness (QED) is 0.542. The summed E-state index contributed by atoms with van der Waals surface area (Å²) in [6.07, 6.45) is 0. The van der Waals surface area contributed by atoms with Crippen LogP contribution in [0.1, 0.15) is 58.2 Å². The van der Waals surface area contributed by atoms with E-state index >= 15 is 0 Å². The maximum Gasteiger partial charge on any atom is 0.128 e. The van der Waals surface area contributed by atoms with Gasteiger partial charge < -0.3 is 4.74 Å². The molecule has 2 aromatic carbocycles. The topological polar surface area (TPSA) is 9.23 Å². The maximum absolute atomic E-state index is 6.16. The summed E-state index contributed by atoms with van der Waals surface area (Å²) in [6.45, 7) is 15.5. The second kappa shape index (κ2) is 6.32. The molecule has 2 rings (SSSR count).